The molecule has 1 aliphatic rings. The average Bonchev–Trinajstić information content (AvgIpc) is 2.71. The number of hydrogen-bond donors (Lipinski definition) is 2. The molecule has 2 unspecified atom stereocenters. The van der Waals surface area contributed by atoms with E-state index in [2.05, 4.69) is 24.7 Å². The summed E-state index contributed by atoms with van der Waals surface area (Å²) in [5.74, 6) is 0.328. The molecule has 1 saturated heterocycles. The van der Waals surface area contributed by atoms with Crippen LogP contribution in [0.5, 0.6) is 5.75 Å². The van der Waals surface area contributed by atoms with Crippen LogP contribution in [0.1, 0.15) is 43.5 Å². The number of likely N-dealkylation sites (tertiary alicyclic amines) is 1. The standard InChI is InChI=1S/C22H27N3O3/c1-16-7-6-8-17(2)25(16)21(26)15-28-20-13-11-18(12-14-20)22(27)24-23-19-9-4-3-5-10-19/h3-5,9-14,16-17,23H,6-8,15H2,1-2H3,(H,24,27). The first-order chi connectivity index (χ1) is 13.5. The summed E-state index contributed by atoms with van der Waals surface area (Å²) in [5.41, 5.74) is 6.81. The summed E-state index contributed by atoms with van der Waals surface area (Å²) in [7, 11) is 0. The van der Waals surface area contributed by atoms with Gasteiger partial charge < -0.3 is 9.64 Å². The summed E-state index contributed by atoms with van der Waals surface area (Å²) in [6.07, 6.45) is 3.24. The second kappa shape index (κ2) is 9.26. The van der Waals surface area contributed by atoms with Crippen LogP contribution >= 0.6 is 0 Å². The Morgan fingerprint density at radius 3 is 2.29 bits per heavy atom. The molecule has 6 heteroatoms. The maximum absolute atomic E-state index is 12.5. The van der Waals surface area contributed by atoms with Crippen molar-refractivity contribution in [3.05, 3.63) is 60.2 Å². The van der Waals surface area contributed by atoms with Crippen molar-refractivity contribution >= 4 is 17.5 Å². The highest BCUT2D eigenvalue weighted by Gasteiger charge is 2.28. The molecule has 1 heterocycles. The van der Waals surface area contributed by atoms with Crippen molar-refractivity contribution in [1.29, 1.82) is 0 Å². The SMILES string of the molecule is CC1CCCC(C)N1C(=O)COc1ccc(C(=O)NNc2ccccc2)cc1. The number of nitrogens with one attached hydrogen (secondary N) is 2. The van der Waals surface area contributed by atoms with Crippen LogP contribution in [0.25, 0.3) is 0 Å². The van der Waals surface area contributed by atoms with Gasteiger partial charge in [0.1, 0.15) is 5.75 Å². The number of carbonyl (C=O) groups is 2. The smallest absolute Gasteiger partial charge is 0.269 e. The Hall–Kier alpha value is -3.02. The van der Waals surface area contributed by atoms with Gasteiger partial charge in [-0.25, -0.2) is 0 Å². The first-order valence-corrected chi connectivity index (χ1v) is 9.70. The lowest BCUT2D eigenvalue weighted by Gasteiger charge is -2.38. The highest BCUT2D eigenvalue weighted by atomic mass is 16.5. The molecule has 28 heavy (non-hydrogen) atoms. The van der Waals surface area contributed by atoms with E-state index in [1.165, 1.54) is 0 Å². The minimum atomic E-state index is -0.248. The van der Waals surface area contributed by atoms with Gasteiger partial charge in [0.05, 0.1) is 5.69 Å². The quantitative estimate of drug-likeness (QED) is 0.750. The van der Waals surface area contributed by atoms with Gasteiger partial charge in [-0.15, -0.1) is 0 Å². The van der Waals surface area contributed by atoms with Crippen LogP contribution in [0, 0.1) is 0 Å². The number of amides is 2. The molecule has 1 fully saturated rings. The van der Waals surface area contributed by atoms with E-state index in [1.807, 2.05) is 35.2 Å². The van der Waals surface area contributed by atoms with E-state index in [9.17, 15) is 9.59 Å². The Labute approximate surface area is 165 Å². The zero-order chi connectivity index (χ0) is 19.9. The fraction of sp³-hybridized carbons (Fsp3) is 0.364. The summed E-state index contributed by atoms with van der Waals surface area (Å²) in [4.78, 5) is 26.6. The maximum Gasteiger partial charge on any atom is 0.269 e. The molecule has 0 radical (unpaired) electrons. The number of anilines is 1. The van der Waals surface area contributed by atoms with Crippen LogP contribution < -0.4 is 15.6 Å². The van der Waals surface area contributed by atoms with Gasteiger partial charge in [-0.3, -0.25) is 20.4 Å². The summed E-state index contributed by atoms with van der Waals surface area (Å²) in [5, 5.41) is 0. The first kappa shape index (κ1) is 19.7. The Morgan fingerprint density at radius 1 is 1.00 bits per heavy atom. The van der Waals surface area contributed by atoms with Gasteiger partial charge in [0.15, 0.2) is 6.61 Å². The number of para-hydroxylation sites is 1. The largest absolute Gasteiger partial charge is 0.484 e. The number of piperidine rings is 1. The third kappa shape index (κ3) is 5.03. The van der Waals surface area contributed by atoms with Crippen molar-refractivity contribution in [2.45, 2.75) is 45.2 Å². The predicted octanol–water partition coefficient (Wildman–Crippen LogP) is 3.61. The van der Waals surface area contributed by atoms with Crippen LogP contribution in [0.2, 0.25) is 0 Å². The van der Waals surface area contributed by atoms with Crippen molar-refractivity contribution in [2.24, 2.45) is 0 Å². The lowest BCUT2D eigenvalue weighted by molar-refractivity contribution is -0.139. The number of ether oxygens (including phenoxy) is 1. The van der Waals surface area contributed by atoms with E-state index in [1.54, 1.807) is 24.3 Å². The molecule has 2 amide bonds. The minimum Gasteiger partial charge on any atom is -0.484 e. The highest BCUT2D eigenvalue weighted by Crippen LogP contribution is 2.23. The molecule has 148 valence electrons. The fourth-order valence-electron chi connectivity index (χ4n) is 3.56. The number of benzene rings is 2. The van der Waals surface area contributed by atoms with Crippen molar-refractivity contribution in [3.63, 3.8) is 0 Å². The number of hydrogen-bond acceptors (Lipinski definition) is 4. The first-order valence-electron chi connectivity index (χ1n) is 9.70. The maximum atomic E-state index is 12.5. The van der Waals surface area contributed by atoms with E-state index in [0.717, 1.165) is 24.9 Å². The second-order valence-corrected chi connectivity index (χ2v) is 7.19. The molecule has 6 nitrogen and oxygen atoms in total. The molecule has 0 bridgehead atoms. The normalized spacial score (nSPS) is 19.0. The van der Waals surface area contributed by atoms with Crippen molar-refractivity contribution in [3.8, 4) is 5.75 Å². The monoisotopic (exact) mass is 381 g/mol. The van der Waals surface area contributed by atoms with E-state index in [0.29, 0.717) is 11.3 Å². The summed E-state index contributed by atoms with van der Waals surface area (Å²) < 4.78 is 5.64. The number of carbonyl (C=O) groups excluding carboxylic acids is 2. The molecule has 2 aromatic rings. The Bertz CT molecular complexity index is 782. The van der Waals surface area contributed by atoms with Gasteiger partial charge in [-0.2, -0.15) is 0 Å². The van der Waals surface area contributed by atoms with Gasteiger partial charge in [0.2, 0.25) is 0 Å². The van der Waals surface area contributed by atoms with Crippen molar-refractivity contribution in [2.75, 3.05) is 12.0 Å². The van der Waals surface area contributed by atoms with E-state index in [4.69, 9.17) is 4.74 Å². The van der Waals surface area contributed by atoms with E-state index < -0.39 is 0 Å². The second-order valence-electron chi connectivity index (χ2n) is 7.19. The lowest BCUT2D eigenvalue weighted by Crippen LogP contribution is -2.49. The molecule has 1 aliphatic heterocycles. The minimum absolute atomic E-state index is 0.00795. The summed E-state index contributed by atoms with van der Waals surface area (Å²) in [6, 6.07) is 16.6. The fourth-order valence-corrected chi connectivity index (χ4v) is 3.56. The third-order valence-electron chi connectivity index (χ3n) is 5.05. The number of hydrazine groups is 1. The molecule has 0 saturated carbocycles. The van der Waals surface area contributed by atoms with E-state index in [-0.39, 0.29) is 30.5 Å². The summed E-state index contributed by atoms with van der Waals surface area (Å²) in [6.45, 7) is 4.19. The number of rotatable bonds is 6. The molecule has 2 atom stereocenters. The zero-order valence-corrected chi connectivity index (χ0v) is 16.4. The molecule has 0 aliphatic carbocycles. The highest BCUT2D eigenvalue weighted by molar-refractivity contribution is 5.95. The van der Waals surface area contributed by atoms with Gasteiger partial charge in [0, 0.05) is 17.6 Å². The zero-order valence-electron chi connectivity index (χ0n) is 16.4. The van der Waals surface area contributed by atoms with Crippen LogP contribution in [0.3, 0.4) is 0 Å². The van der Waals surface area contributed by atoms with Crippen LogP contribution in [0.15, 0.2) is 54.6 Å². The molecule has 3 rings (SSSR count). The Balaban J connectivity index is 1.50. The van der Waals surface area contributed by atoms with Gasteiger partial charge in [-0.05, 0) is 69.5 Å². The van der Waals surface area contributed by atoms with Gasteiger partial charge in [0.25, 0.3) is 11.8 Å². The van der Waals surface area contributed by atoms with Crippen LogP contribution in [-0.2, 0) is 4.79 Å². The van der Waals surface area contributed by atoms with Crippen LogP contribution in [0.4, 0.5) is 5.69 Å². The molecule has 0 aromatic heterocycles. The topological polar surface area (TPSA) is 70.7 Å². The molecule has 0 spiro atoms. The molecular formula is C22H27N3O3. The predicted molar refractivity (Wildman–Crippen MR) is 109 cm³/mol. The summed E-state index contributed by atoms with van der Waals surface area (Å²) >= 11 is 0. The molecule has 2 aromatic carbocycles. The van der Waals surface area contributed by atoms with E-state index >= 15 is 0 Å². The van der Waals surface area contributed by atoms with Crippen LogP contribution in [-0.4, -0.2) is 35.4 Å². The van der Waals surface area contributed by atoms with Crippen molar-refractivity contribution in [1.82, 2.24) is 10.3 Å². The Kier molecular flexibility index (Phi) is 6.53. The van der Waals surface area contributed by atoms with Gasteiger partial charge >= 0.3 is 0 Å². The number of nitrogens with zero attached hydrogens (tertiary/aromatic N) is 1. The molecular weight excluding hydrogens is 354 g/mol. The third-order valence-corrected chi connectivity index (χ3v) is 5.05. The Morgan fingerprint density at radius 2 is 1.64 bits per heavy atom. The van der Waals surface area contributed by atoms with Crippen molar-refractivity contribution < 1.29 is 14.3 Å². The van der Waals surface area contributed by atoms with Gasteiger partial charge in [-0.1, -0.05) is 18.2 Å². The molecule has 2 N–H and O–H groups in total. The average molecular weight is 381 g/mol. The lowest BCUT2D eigenvalue weighted by atomic mass is 9.97.